The Hall–Kier alpha value is -1.16. The smallest absolute Gasteiger partial charge is 0.256 e. The quantitative estimate of drug-likeness (QED) is 0.488. The lowest BCUT2D eigenvalue weighted by Gasteiger charge is -1.94. The van der Waals surface area contributed by atoms with Gasteiger partial charge in [0.15, 0.2) is 5.58 Å². The van der Waals surface area contributed by atoms with Crippen LogP contribution in [0.1, 0.15) is 26.2 Å². The lowest BCUT2D eigenvalue weighted by atomic mass is 10.3. The summed E-state index contributed by atoms with van der Waals surface area (Å²) in [6, 6.07) is 5.54. The second-order valence-corrected chi connectivity index (χ2v) is 4.81. The Bertz CT molecular complexity index is 467. The second-order valence-electron chi connectivity index (χ2n) is 3.76. The maximum atomic E-state index is 5.68. The summed E-state index contributed by atoms with van der Waals surface area (Å²) in [5.41, 5.74) is 8.07. The van der Waals surface area contributed by atoms with Crippen LogP contribution in [0.5, 0.6) is 0 Å². The molecule has 0 aliphatic rings. The standard InChI is InChI=1S/C12H16N2OS/c1-2-3-4-7-16-12-14-10-8-9(13)5-6-11(10)15-12/h5-6,8H,2-4,7,13H2,1H3. The largest absolute Gasteiger partial charge is 0.431 e. The molecule has 2 rings (SSSR count). The molecule has 0 aliphatic heterocycles. The first-order valence-electron chi connectivity index (χ1n) is 5.58. The summed E-state index contributed by atoms with van der Waals surface area (Å²) in [6.45, 7) is 2.20. The van der Waals surface area contributed by atoms with E-state index >= 15 is 0 Å². The third-order valence-electron chi connectivity index (χ3n) is 2.37. The van der Waals surface area contributed by atoms with E-state index in [0.29, 0.717) is 0 Å². The average Bonchev–Trinajstić information content (AvgIpc) is 2.66. The number of rotatable bonds is 5. The third-order valence-corrected chi connectivity index (χ3v) is 3.28. The molecule has 1 heterocycles. The SMILES string of the molecule is CCCCCSc1nc2cc(N)ccc2o1. The summed E-state index contributed by atoms with van der Waals surface area (Å²) in [5.74, 6) is 1.07. The highest BCUT2D eigenvalue weighted by atomic mass is 32.2. The second kappa shape index (κ2) is 5.25. The van der Waals surface area contributed by atoms with Gasteiger partial charge in [-0.15, -0.1) is 0 Å². The van der Waals surface area contributed by atoms with E-state index in [9.17, 15) is 0 Å². The first kappa shape index (κ1) is 11.3. The molecule has 0 aliphatic carbocycles. The van der Waals surface area contributed by atoms with Gasteiger partial charge < -0.3 is 10.2 Å². The van der Waals surface area contributed by atoms with Crippen molar-refractivity contribution in [2.24, 2.45) is 0 Å². The lowest BCUT2D eigenvalue weighted by Crippen LogP contribution is -1.82. The fourth-order valence-corrected chi connectivity index (χ4v) is 2.33. The van der Waals surface area contributed by atoms with E-state index in [1.165, 1.54) is 19.3 Å². The number of nitrogens with two attached hydrogens (primary N) is 1. The molecular weight excluding hydrogens is 220 g/mol. The molecule has 0 amide bonds. The highest BCUT2D eigenvalue weighted by Gasteiger charge is 2.05. The maximum Gasteiger partial charge on any atom is 0.256 e. The van der Waals surface area contributed by atoms with E-state index < -0.39 is 0 Å². The topological polar surface area (TPSA) is 52.0 Å². The van der Waals surface area contributed by atoms with Crippen molar-refractivity contribution in [3.05, 3.63) is 18.2 Å². The molecule has 0 unspecified atom stereocenters. The molecule has 0 atom stereocenters. The fourth-order valence-electron chi connectivity index (χ4n) is 1.50. The highest BCUT2D eigenvalue weighted by molar-refractivity contribution is 7.99. The van der Waals surface area contributed by atoms with E-state index in [4.69, 9.17) is 10.2 Å². The van der Waals surface area contributed by atoms with Gasteiger partial charge in [0, 0.05) is 11.4 Å². The summed E-state index contributed by atoms with van der Waals surface area (Å²) in [6.07, 6.45) is 3.72. The van der Waals surface area contributed by atoms with Gasteiger partial charge in [-0.25, -0.2) is 4.98 Å². The van der Waals surface area contributed by atoms with E-state index in [2.05, 4.69) is 11.9 Å². The number of thioether (sulfide) groups is 1. The van der Waals surface area contributed by atoms with Crippen LogP contribution in [-0.2, 0) is 0 Å². The van der Waals surface area contributed by atoms with Crippen molar-refractivity contribution in [2.45, 2.75) is 31.4 Å². The highest BCUT2D eigenvalue weighted by Crippen LogP contribution is 2.25. The first-order valence-corrected chi connectivity index (χ1v) is 6.57. The Morgan fingerprint density at radius 3 is 3.06 bits per heavy atom. The van der Waals surface area contributed by atoms with Gasteiger partial charge in [-0.05, 0) is 24.6 Å². The van der Waals surface area contributed by atoms with Crippen molar-refractivity contribution in [1.29, 1.82) is 0 Å². The number of oxazole rings is 1. The predicted molar refractivity (Wildman–Crippen MR) is 68.7 cm³/mol. The van der Waals surface area contributed by atoms with Crippen LogP contribution in [-0.4, -0.2) is 10.7 Å². The zero-order valence-electron chi connectivity index (χ0n) is 9.40. The third kappa shape index (κ3) is 2.70. The number of aromatic nitrogens is 1. The molecule has 0 radical (unpaired) electrons. The number of hydrogen-bond donors (Lipinski definition) is 1. The van der Waals surface area contributed by atoms with Crippen LogP contribution < -0.4 is 5.73 Å². The van der Waals surface area contributed by atoms with E-state index in [-0.39, 0.29) is 0 Å². The van der Waals surface area contributed by atoms with Crippen LogP contribution in [0, 0.1) is 0 Å². The number of anilines is 1. The van der Waals surface area contributed by atoms with E-state index in [0.717, 1.165) is 27.8 Å². The van der Waals surface area contributed by atoms with Gasteiger partial charge in [0.05, 0.1) is 0 Å². The van der Waals surface area contributed by atoms with E-state index in [1.54, 1.807) is 11.8 Å². The first-order chi connectivity index (χ1) is 7.79. The lowest BCUT2D eigenvalue weighted by molar-refractivity contribution is 0.489. The number of nitrogen functional groups attached to an aromatic ring is 1. The molecule has 1 aromatic heterocycles. The molecule has 86 valence electrons. The molecule has 3 nitrogen and oxygen atoms in total. The molecule has 16 heavy (non-hydrogen) atoms. The van der Waals surface area contributed by atoms with Gasteiger partial charge >= 0.3 is 0 Å². The van der Waals surface area contributed by atoms with Gasteiger partial charge in [0.2, 0.25) is 0 Å². The Kier molecular flexibility index (Phi) is 3.72. The molecule has 1 aromatic carbocycles. The molecule has 0 bridgehead atoms. The minimum absolute atomic E-state index is 0.725. The molecule has 0 spiro atoms. The molecule has 0 saturated carbocycles. The van der Waals surface area contributed by atoms with Crippen molar-refractivity contribution in [2.75, 3.05) is 11.5 Å². The van der Waals surface area contributed by atoms with Gasteiger partial charge in [0.25, 0.3) is 5.22 Å². The van der Waals surface area contributed by atoms with E-state index in [1.807, 2.05) is 18.2 Å². The fraction of sp³-hybridized carbons (Fsp3) is 0.417. The minimum Gasteiger partial charge on any atom is -0.431 e. The number of hydrogen-bond acceptors (Lipinski definition) is 4. The number of nitrogens with zero attached hydrogens (tertiary/aromatic N) is 1. The maximum absolute atomic E-state index is 5.68. The predicted octanol–water partition coefficient (Wildman–Crippen LogP) is 3.69. The van der Waals surface area contributed by atoms with Crippen LogP contribution in [0.15, 0.2) is 27.8 Å². The van der Waals surface area contributed by atoms with Crippen LogP contribution in [0.3, 0.4) is 0 Å². The van der Waals surface area contributed by atoms with Crippen LogP contribution in [0.2, 0.25) is 0 Å². The Balaban J connectivity index is 2.02. The average molecular weight is 236 g/mol. The zero-order valence-corrected chi connectivity index (χ0v) is 10.2. The molecule has 0 fully saturated rings. The summed E-state index contributed by atoms with van der Waals surface area (Å²) in [4.78, 5) is 4.39. The summed E-state index contributed by atoms with van der Waals surface area (Å²) >= 11 is 1.67. The molecule has 2 aromatic rings. The zero-order chi connectivity index (χ0) is 11.4. The summed E-state index contributed by atoms with van der Waals surface area (Å²) < 4.78 is 5.60. The van der Waals surface area contributed by atoms with Gasteiger partial charge in [0.1, 0.15) is 5.52 Å². The number of fused-ring (bicyclic) bond motifs is 1. The van der Waals surface area contributed by atoms with Crippen molar-refractivity contribution >= 4 is 28.5 Å². The van der Waals surface area contributed by atoms with Crippen LogP contribution in [0.25, 0.3) is 11.1 Å². The van der Waals surface area contributed by atoms with Crippen LogP contribution in [0.4, 0.5) is 5.69 Å². The van der Waals surface area contributed by atoms with Crippen molar-refractivity contribution in [1.82, 2.24) is 4.98 Å². The molecule has 0 saturated heterocycles. The van der Waals surface area contributed by atoms with Gasteiger partial charge in [-0.3, -0.25) is 0 Å². The molecular formula is C12H16N2OS. The Labute approximate surface area is 99.4 Å². The Morgan fingerprint density at radius 2 is 2.25 bits per heavy atom. The molecule has 2 N–H and O–H groups in total. The molecule has 4 heteroatoms. The minimum atomic E-state index is 0.725. The monoisotopic (exact) mass is 236 g/mol. The van der Waals surface area contributed by atoms with Crippen molar-refractivity contribution in [3.63, 3.8) is 0 Å². The van der Waals surface area contributed by atoms with Gasteiger partial charge in [-0.1, -0.05) is 31.5 Å². The Morgan fingerprint density at radius 1 is 1.38 bits per heavy atom. The number of benzene rings is 1. The number of unbranched alkanes of at least 4 members (excludes halogenated alkanes) is 2. The summed E-state index contributed by atoms with van der Waals surface area (Å²) in [7, 11) is 0. The summed E-state index contributed by atoms with van der Waals surface area (Å²) in [5, 5.41) is 0.747. The van der Waals surface area contributed by atoms with Gasteiger partial charge in [-0.2, -0.15) is 0 Å². The van der Waals surface area contributed by atoms with Crippen molar-refractivity contribution < 1.29 is 4.42 Å². The van der Waals surface area contributed by atoms with Crippen molar-refractivity contribution in [3.8, 4) is 0 Å². The van der Waals surface area contributed by atoms with Crippen LogP contribution >= 0.6 is 11.8 Å². The normalized spacial score (nSPS) is 11.1.